The lowest BCUT2D eigenvalue weighted by Gasteiger charge is -2.43. The highest BCUT2D eigenvalue weighted by atomic mass is 16.2. The Kier molecular flexibility index (Phi) is 5.81. The Hall–Kier alpha value is -2.08. The molecule has 2 N–H and O–H groups in total. The average molecular weight is 398 g/mol. The maximum absolute atomic E-state index is 12.7. The van der Waals surface area contributed by atoms with Crippen LogP contribution in [0.3, 0.4) is 0 Å². The van der Waals surface area contributed by atoms with Crippen molar-refractivity contribution in [2.75, 3.05) is 32.7 Å². The molecule has 2 aromatic rings. The number of para-hydroxylation sites is 2. The van der Waals surface area contributed by atoms with Gasteiger partial charge >= 0.3 is 6.03 Å². The van der Waals surface area contributed by atoms with Gasteiger partial charge < -0.3 is 15.2 Å². The van der Waals surface area contributed by atoms with Crippen LogP contribution in [0.5, 0.6) is 0 Å². The minimum atomic E-state index is -0.00304. The van der Waals surface area contributed by atoms with E-state index in [1.165, 1.54) is 12.8 Å². The molecule has 3 heterocycles. The van der Waals surface area contributed by atoms with Crippen molar-refractivity contribution in [1.29, 1.82) is 0 Å². The molecule has 0 spiro atoms. The average Bonchev–Trinajstić information content (AvgIpc) is 3.16. The number of carbonyl (C=O) groups excluding carboxylic acids is 1. The zero-order valence-electron chi connectivity index (χ0n) is 18.1. The number of imidazole rings is 1. The second kappa shape index (κ2) is 8.34. The van der Waals surface area contributed by atoms with Crippen LogP contribution in [0.2, 0.25) is 0 Å². The number of piperidine rings is 2. The molecule has 2 fully saturated rings. The quantitative estimate of drug-likeness (QED) is 0.821. The predicted molar refractivity (Wildman–Crippen MR) is 117 cm³/mol. The fourth-order valence-electron chi connectivity index (χ4n) is 4.78. The first-order valence-corrected chi connectivity index (χ1v) is 11.1. The molecule has 0 radical (unpaired) electrons. The van der Waals surface area contributed by atoms with Gasteiger partial charge in [-0.3, -0.25) is 4.90 Å². The summed E-state index contributed by atoms with van der Waals surface area (Å²) < 4.78 is 0. The Bertz CT molecular complexity index is 804. The third kappa shape index (κ3) is 4.58. The van der Waals surface area contributed by atoms with E-state index in [2.05, 4.69) is 42.0 Å². The smallest absolute Gasteiger partial charge is 0.317 e. The van der Waals surface area contributed by atoms with Gasteiger partial charge in [-0.15, -0.1) is 0 Å². The molecule has 6 nitrogen and oxygen atoms in total. The number of hydrogen-bond donors (Lipinski definition) is 2. The molecule has 2 aliphatic heterocycles. The van der Waals surface area contributed by atoms with Crippen LogP contribution in [0.1, 0.15) is 58.2 Å². The van der Waals surface area contributed by atoms with Crippen LogP contribution >= 0.6 is 0 Å². The summed E-state index contributed by atoms with van der Waals surface area (Å²) in [6.07, 6.45) is 4.49. The number of carbonyl (C=O) groups is 1. The van der Waals surface area contributed by atoms with Crippen molar-refractivity contribution < 1.29 is 4.79 Å². The van der Waals surface area contributed by atoms with Gasteiger partial charge in [0.2, 0.25) is 0 Å². The van der Waals surface area contributed by atoms with Gasteiger partial charge in [0.1, 0.15) is 5.82 Å². The molecule has 29 heavy (non-hydrogen) atoms. The van der Waals surface area contributed by atoms with Crippen molar-refractivity contribution in [3.8, 4) is 0 Å². The molecule has 0 aliphatic carbocycles. The lowest BCUT2D eigenvalue weighted by molar-refractivity contribution is 0.0706. The number of likely N-dealkylation sites (tertiary alicyclic amines) is 2. The topological polar surface area (TPSA) is 64.3 Å². The van der Waals surface area contributed by atoms with E-state index in [-0.39, 0.29) is 11.6 Å². The number of hydrogen-bond acceptors (Lipinski definition) is 3. The van der Waals surface area contributed by atoms with E-state index in [4.69, 9.17) is 4.98 Å². The van der Waals surface area contributed by atoms with Crippen LogP contribution in [-0.2, 0) is 0 Å². The lowest BCUT2D eigenvalue weighted by atomic mass is 9.93. The predicted octanol–water partition coefficient (Wildman–Crippen LogP) is 3.96. The third-order valence-electron chi connectivity index (χ3n) is 6.76. The third-order valence-corrected chi connectivity index (χ3v) is 6.76. The first kappa shape index (κ1) is 20.2. The Labute approximate surface area is 174 Å². The van der Waals surface area contributed by atoms with Gasteiger partial charge in [0.25, 0.3) is 0 Å². The van der Waals surface area contributed by atoms with Gasteiger partial charge in [0, 0.05) is 37.6 Å². The van der Waals surface area contributed by atoms with E-state index in [0.29, 0.717) is 12.5 Å². The van der Waals surface area contributed by atoms with Crippen LogP contribution in [0.15, 0.2) is 24.3 Å². The zero-order valence-corrected chi connectivity index (χ0v) is 18.1. The van der Waals surface area contributed by atoms with Crippen molar-refractivity contribution in [3.63, 3.8) is 0 Å². The highest BCUT2D eigenvalue weighted by Gasteiger charge is 2.32. The van der Waals surface area contributed by atoms with Gasteiger partial charge in [0.05, 0.1) is 11.0 Å². The van der Waals surface area contributed by atoms with Gasteiger partial charge in [-0.05, 0) is 64.1 Å². The Morgan fingerprint density at radius 3 is 2.69 bits per heavy atom. The van der Waals surface area contributed by atoms with Crippen LogP contribution < -0.4 is 5.32 Å². The van der Waals surface area contributed by atoms with E-state index in [1.54, 1.807) is 0 Å². The summed E-state index contributed by atoms with van der Waals surface area (Å²) in [6, 6.07) is 8.24. The van der Waals surface area contributed by atoms with Crippen molar-refractivity contribution in [3.05, 3.63) is 30.1 Å². The van der Waals surface area contributed by atoms with E-state index in [9.17, 15) is 4.79 Å². The molecule has 1 aromatic heterocycles. The molecular weight excluding hydrogens is 362 g/mol. The van der Waals surface area contributed by atoms with E-state index < -0.39 is 0 Å². The molecule has 0 bridgehead atoms. The summed E-state index contributed by atoms with van der Waals surface area (Å²) in [5, 5.41) is 3.20. The van der Waals surface area contributed by atoms with E-state index in [0.717, 1.165) is 61.8 Å². The maximum Gasteiger partial charge on any atom is 0.317 e. The normalized spacial score (nSPS) is 22.2. The second-order valence-electron chi connectivity index (χ2n) is 9.57. The number of fused-ring (bicyclic) bond motifs is 1. The fraction of sp³-hybridized carbons (Fsp3) is 0.652. The summed E-state index contributed by atoms with van der Waals surface area (Å²) in [5.74, 6) is 2.21. The summed E-state index contributed by atoms with van der Waals surface area (Å²) in [5.41, 5.74) is 2.12. The molecule has 2 amide bonds. The summed E-state index contributed by atoms with van der Waals surface area (Å²) >= 11 is 0. The molecule has 1 aromatic carbocycles. The Morgan fingerprint density at radius 1 is 1.21 bits per heavy atom. The van der Waals surface area contributed by atoms with Crippen molar-refractivity contribution in [2.45, 2.75) is 57.9 Å². The number of amides is 2. The molecule has 6 heteroatoms. The molecule has 1 atom stereocenters. The van der Waals surface area contributed by atoms with Gasteiger partial charge in [-0.2, -0.15) is 0 Å². The lowest BCUT2D eigenvalue weighted by Crippen LogP contribution is -2.56. The molecule has 1 unspecified atom stereocenters. The standard InChI is InChI=1S/C23H35N5O/c1-17-7-6-12-28(15-17)23(2,3)16-24-22(29)27-13-10-18(11-14-27)21-25-19-8-4-5-9-20(19)26-21/h4-5,8-9,17-18H,6-7,10-16H2,1-3H3,(H,24,29)(H,25,26). The zero-order chi connectivity index (χ0) is 20.4. The summed E-state index contributed by atoms with van der Waals surface area (Å²) in [6.45, 7) is 11.4. The van der Waals surface area contributed by atoms with Crippen LogP contribution in [0.25, 0.3) is 11.0 Å². The van der Waals surface area contributed by atoms with Crippen LogP contribution in [-0.4, -0.2) is 64.1 Å². The maximum atomic E-state index is 12.7. The van der Waals surface area contributed by atoms with Gasteiger partial charge in [-0.1, -0.05) is 19.1 Å². The Morgan fingerprint density at radius 2 is 1.97 bits per heavy atom. The van der Waals surface area contributed by atoms with E-state index >= 15 is 0 Å². The van der Waals surface area contributed by atoms with Crippen molar-refractivity contribution in [2.24, 2.45) is 5.92 Å². The number of nitrogens with one attached hydrogen (secondary N) is 2. The number of benzene rings is 1. The number of aromatic nitrogens is 2. The number of nitrogens with zero attached hydrogens (tertiary/aromatic N) is 3. The second-order valence-corrected chi connectivity index (χ2v) is 9.57. The SMILES string of the molecule is CC1CCCN(C(C)(C)CNC(=O)N2CCC(c3nc4ccccc4[nH]3)CC2)C1. The minimum Gasteiger partial charge on any atom is -0.342 e. The highest BCUT2D eigenvalue weighted by Crippen LogP contribution is 2.28. The molecular formula is C23H35N5O. The van der Waals surface area contributed by atoms with Crippen LogP contribution in [0, 0.1) is 5.92 Å². The number of aromatic amines is 1. The first-order chi connectivity index (χ1) is 13.9. The number of rotatable bonds is 4. The summed E-state index contributed by atoms with van der Waals surface area (Å²) in [4.78, 5) is 25.5. The van der Waals surface area contributed by atoms with Crippen LogP contribution in [0.4, 0.5) is 4.79 Å². The minimum absolute atomic E-state index is 0.00304. The summed E-state index contributed by atoms with van der Waals surface area (Å²) in [7, 11) is 0. The molecule has 2 saturated heterocycles. The monoisotopic (exact) mass is 397 g/mol. The van der Waals surface area contributed by atoms with E-state index in [1.807, 2.05) is 23.1 Å². The van der Waals surface area contributed by atoms with Crippen molar-refractivity contribution >= 4 is 17.1 Å². The first-order valence-electron chi connectivity index (χ1n) is 11.1. The molecule has 158 valence electrons. The Balaban J connectivity index is 1.27. The highest BCUT2D eigenvalue weighted by molar-refractivity contribution is 5.75. The molecule has 4 rings (SSSR count). The molecule has 0 saturated carbocycles. The number of H-pyrrole nitrogens is 1. The van der Waals surface area contributed by atoms with Gasteiger partial charge in [0.15, 0.2) is 0 Å². The fourth-order valence-corrected chi connectivity index (χ4v) is 4.78. The van der Waals surface area contributed by atoms with Crippen molar-refractivity contribution in [1.82, 2.24) is 25.1 Å². The number of urea groups is 1. The largest absolute Gasteiger partial charge is 0.342 e. The van der Waals surface area contributed by atoms with Gasteiger partial charge in [-0.25, -0.2) is 9.78 Å². The molecule has 2 aliphatic rings.